The van der Waals surface area contributed by atoms with Crippen molar-refractivity contribution in [1.82, 2.24) is 15.1 Å². The fourth-order valence-electron chi connectivity index (χ4n) is 5.13. The summed E-state index contributed by atoms with van der Waals surface area (Å²) in [4.78, 5) is 40.8. The van der Waals surface area contributed by atoms with Gasteiger partial charge in [-0.2, -0.15) is 0 Å². The molecule has 1 saturated carbocycles. The summed E-state index contributed by atoms with van der Waals surface area (Å²) in [6.45, 7) is 5.22. The van der Waals surface area contributed by atoms with Crippen molar-refractivity contribution in [3.63, 3.8) is 0 Å². The van der Waals surface area contributed by atoms with Crippen LogP contribution < -0.4 is 10.1 Å². The number of nitrogens with one attached hydrogen (secondary N) is 1. The van der Waals surface area contributed by atoms with Crippen molar-refractivity contribution >= 4 is 17.9 Å². The fraction of sp³-hybridized carbons (Fsp3) is 0.640. The minimum absolute atomic E-state index is 0.0549. The Kier molecular flexibility index (Phi) is 7.40. The Morgan fingerprint density at radius 2 is 1.73 bits per heavy atom. The van der Waals surface area contributed by atoms with Crippen LogP contribution in [0.4, 0.5) is 4.79 Å². The van der Waals surface area contributed by atoms with Crippen LogP contribution in [-0.4, -0.2) is 73.1 Å². The summed E-state index contributed by atoms with van der Waals surface area (Å²) in [6.07, 6.45) is 4.32. The van der Waals surface area contributed by atoms with Gasteiger partial charge < -0.3 is 24.6 Å². The van der Waals surface area contributed by atoms with Gasteiger partial charge in [0, 0.05) is 38.1 Å². The highest BCUT2D eigenvalue weighted by Crippen LogP contribution is 2.59. The van der Waals surface area contributed by atoms with Gasteiger partial charge in [-0.3, -0.25) is 9.59 Å². The van der Waals surface area contributed by atoms with E-state index in [1.54, 1.807) is 11.8 Å². The van der Waals surface area contributed by atoms with Crippen LogP contribution in [0.25, 0.3) is 0 Å². The predicted octanol–water partition coefficient (Wildman–Crippen LogP) is 2.82. The van der Waals surface area contributed by atoms with Crippen LogP contribution in [0.3, 0.4) is 0 Å². The number of piperidine rings is 2. The molecule has 1 aromatic rings. The van der Waals surface area contributed by atoms with Gasteiger partial charge in [-0.05, 0) is 56.6 Å². The molecular weight excluding hydrogens is 422 g/mol. The van der Waals surface area contributed by atoms with E-state index in [9.17, 15) is 14.4 Å². The molecule has 3 amide bonds. The monoisotopic (exact) mass is 457 g/mol. The second-order valence-corrected chi connectivity index (χ2v) is 9.38. The van der Waals surface area contributed by atoms with Gasteiger partial charge in [-0.1, -0.05) is 18.2 Å². The maximum Gasteiger partial charge on any atom is 0.409 e. The van der Waals surface area contributed by atoms with Crippen LogP contribution in [0.2, 0.25) is 0 Å². The first-order valence-corrected chi connectivity index (χ1v) is 12.2. The molecule has 0 aromatic heterocycles. The minimum Gasteiger partial charge on any atom is -0.493 e. The van der Waals surface area contributed by atoms with E-state index in [-0.39, 0.29) is 35.3 Å². The first-order chi connectivity index (χ1) is 16.0. The Hall–Kier alpha value is -2.77. The van der Waals surface area contributed by atoms with Gasteiger partial charge in [-0.25, -0.2) is 4.79 Å². The second kappa shape index (κ2) is 10.4. The lowest BCUT2D eigenvalue weighted by Crippen LogP contribution is -2.47. The number of carbonyl (C=O) groups excluding carboxylic acids is 3. The molecule has 0 bridgehead atoms. The Balaban J connectivity index is 1.14. The quantitative estimate of drug-likeness (QED) is 0.680. The lowest BCUT2D eigenvalue weighted by atomic mass is 9.90. The summed E-state index contributed by atoms with van der Waals surface area (Å²) in [7, 11) is 0. The molecule has 1 N–H and O–H groups in total. The van der Waals surface area contributed by atoms with Crippen LogP contribution in [0, 0.1) is 11.3 Å². The van der Waals surface area contributed by atoms with Crippen molar-refractivity contribution in [1.29, 1.82) is 0 Å². The van der Waals surface area contributed by atoms with Crippen molar-refractivity contribution in [3.05, 3.63) is 30.3 Å². The molecule has 180 valence electrons. The van der Waals surface area contributed by atoms with Gasteiger partial charge in [0.05, 0.1) is 19.6 Å². The van der Waals surface area contributed by atoms with E-state index in [0.29, 0.717) is 45.8 Å². The molecule has 1 spiro atoms. The number of carbonyl (C=O) groups is 3. The number of amides is 3. The third-order valence-corrected chi connectivity index (χ3v) is 7.31. The maximum absolute atomic E-state index is 12.8. The number of ether oxygens (including phenoxy) is 2. The first-order valence-electron chi connectivity index (χ1n) is 12.2. The molecule has 1 aliphatic carbocycles. The van der Waals surface area contributed by atoms with E-state index in [2.05, 4.69) is 5.32 Å². The molecule has 8 heteroatoms. The Bertz CT molecular complexity index is 830. The van der Waals surface area contributed by atoms with Crippen molar-refractivity contribution in [2.75, 3.05) is 39.4 Å². The normalized spacial score (nSPS) is 22.0. The van der Waals surface area contributed by atoms with Gasteiger partial charge in [0.15, 0.2) is 0 Å². The van der Waals surface area contributed by atoms with Gasteiger partial charge in [0.25, 0.3) is 0 Å². The second-order valence-electron chi connectivity index (χ2n) is 9.38. The molecule has 1 aromatic carbocycles. The Morgan fingerprint density at radius 3 is 2.39 bits per heavy atom. The van der Waals surface area contributed by atoms with Crippen molar-refractivity contribution < 1.29 is 23.9 Å². The molecule has 2 saturated heterocycles. The zero-order chi connectivity index (χ0) is 23.3. The van der Waals surface area contributed by atoms with Crippen LogP contribution in [0.15, 0.2) is 30.3 Å². The number of likely N-dealkylation sites (tertiary alicyclic amines) is 2. The lowest BCUT2D eigenvalue weighted by molar-refractivity contribution is -0.133. The third kappa shape index (κ3) is 5.78. The van der Waals surface area contributed by atoms with Crippen LogP contribution >= 0.6 is 0 Å². The molecule has 2 heterocycles. The number of hydrogen-bond acceptors (Lipinski definition) is 5. The van der Waals surface area contributed by atoms with Crippen LogP contribution in [-0.2, 0) is 14.3 Å². The number of hydrogen-bond donors (Lipinski definition) is 1. The first kappa shape index (κ1) is 23.4. The maximum atomic E-state index is 12.8. The lowest BCUT2D eigenvalue weighted by Gasteiger charge is -2.34. The highest BCUT2D eigenvalue weighted by Gasteiger charge is 2.58. The fourth-order valence-corrected chi connectivity index (χ4v) is 5.13. The highest BCUT2D eigenvalue weighted by atomic mass is 16.6. The van der Waals surface area contributed by atoms with Crippen molar-refractivity contribution in [3.8, 4) is 5.75 Å². The molecule has 8 nitrogen and oxygen atoms in total. The molecule has 4 rings (SSSR count). The largest absolute Gasteiger partial charge is 0.493 e. The zero-order valence-electron chi connectivity index (χ0n) is 19.5. The van der Waals surface area contributed by atoms with Crippen molar-refractivity contribution in [2.24, 2.45) is 11.3 Å². The van der Waals surface area contributed by atoms with E-state index in [0.717, 1.165) is 37.9 Å². The molecule has 33 heavy (non-hydrogen) atoms. The van der Waals surface area contributed by atoms with E-state index in [1.165, 1.54) is 0 Å². The predicted molar refractivity (Wildman–Crippen MR) is 123 cm³/mol. The van der Waals surface area contributed by atoms with Crippen LogP contribution in [0.1, 0.15) is 45.4 Å². The van der Waals surface area contributed by atoms with Gasteiger partial charge in [0.2, 0.25) is 11.8 Å². The number of nitrogens with zero attached hydrogens (tertiary/aromatic N) is 2. The standard InChI is InChI=1S/C25H35N3O5/c1-2-32-24(31)28-13-8-19(9-14-28)26-23(30)21-18-25(21)11-15-27(16-12-25)22(29)10-17-33-20-6-4-3-5-7-20/h3-7,19,21H,2,8-18H2,1H3,(H,26,30). The van der Waals surface area contributed by atoms with E-state index >= 15 is 0 Å². The summed E-state index contributed by atoms with van der Waals surface area (Å²) in [6, 6.07) is 9.65. The van der Waals surface area contributed by atoms with Gasteiger partial charge >= 0.3 is 6.09 Å². The molecule has 0 radical (unpaired) electrons. The zero-order valence-corrected chi connectivity index (χ0v) is 19.5. The third-order valence-electron chi connectivity index (χ3n) is 7.31. The molecule has 2 aliphatic heterocycles. The molecule has 1 unspecified atom stereocenters. The van der Waals surface area contributed by atoms with E-state index in [1.807, 2.05) is 35.2 Å². The molecule has 1 atom stereocenters. The van der Waals surface area contributed by atoms with Gasteiger partial charge in [0.1, 0.15) is 5.75 Å². The Labute approximate surface area is 195 Å². The summed E-state index contributed by atoms with van der Waals surface area (Å²) in [5.41, 5.74) is 0.0625. The van der Waals surface area contributed by atoms with Crippen molar-refractivity contribution in [2.45, 2.75) is 51.5 Å². The van der Waals surface area contributed by atoms with Crippen LogP contribution in [0.5, 0.6) is 5.75 Å². The summed E-state index contributed by atoms with van der Waals surface area (Å²) in [5, 5.41) is 3.21. The average Bonchev–Trinajstić information content (AvgIpc) is 3.54. The minimum atomic E-state index is -0.267. The van der Waals surface area contributed by atoms with Gasteiger partial charge in [-0.15, -0.1) is 0 Å². The highest BCUT2D eigenvalue weighted by molar-refractivity contribution is 5.83. The van der Waals surface area contributed by atoms with E-state index in [4.69, 9.17) is 9.47 Å². The number of benzene rings is 1. The average molecular weight is 458 g/mol. The summed E-state index contributed by atoms with van der Waals surface area (Å²) < 4.78 is 10.7. The number of para-hydroxylation sites is 1. The Morgan fingerprint density at radius 1 is 1.03 bits per heavy atom. The van der Waals surface area contributed by atoms with E-state index < -0.39 is 0 Å². The molecule has 3 fully saturated rings. The summed E-state index contributed by atoms with van der Waals surface area (Å²) in [5.74, 6) is 1.09. The smallest absolute Gasteiger partial charge is 0.409 e. The molecular formula is C25H35N3O5. The SMILES string of the molecule is CCOC(=O)N1CCC(NC(=O)C2CC23CCN(C(=O)CCOc2ccccc2)CC3)CC1. The topological polar surface area (TPSA) is 88.2 Å². The number of rotatable bonds is 7. The molecule has 3 aliphatic rings. The summed E-state index contributed by atoms with van der Waals surface area (Å²) >= 11 is 0.